The molecular formula is C20H16BrIN2O5S. The van der Waals surface area contributed by atoms with E-state index in [0.29, 0.717) is 27.2 Å². The molecule has 0 atom stereocenters. The quantitative estimate of drug-likeness (QED) is 0.363. The summed E-state index contributed by atoms with van der Waals surface area (Å²) >= 11 is 6.03. The van der Waals surface area contributed by atoms with Gasteiger partial charge in [0.15, 0.2) is 0 Å². The molecule has 30 heavy (non-hydrogen) atoms. The summed E-state index contributed by atoms with van der Waals surface area (Å²) in [6.07, 6.45) is 1.44. The summed E-state index contributed by atoms with van der Waals surface area (Å²) in [6.45, 7) is 2.01. The first-order chi connectivity index (χ1) is 14.3. The summed E-state index contributed by atoms with van der Waals surface area (Å²) in [4.78, 5) is 38.2. The van der Waals surface area contributed by atoms with Gasteiger partial charge in [-0.3, -0.25) is 19.3 Å². The predicted octanol–water partition coefficient (Wildman–Crippen LogP) is 4.83. The molecule has 10 heteroatoms. The molecule has 1 heterocycles. The molecular weight excluding hydrogens is 587 g/mol. The maximum absolute atomic E-state index is 12.6. The molecule has 7 nitrogen and oxygen atoms in total. The standard InChI is InChI=1S/C20H16BrIN2O5S/c1-2-29-14-5-3-13(4-6-14)23-17(25)10-24-19(27)16(30-20(24)28)8-11-7-12(21)9-15(22)18(11)26/h3-9,26H,2,10H2,1H3,(H,23,25)/b16-8-. The van der Waals surface area contributed by atoms with E-state index in [1.165, 1.54) is 6.08 Å². The summed E-state index contributed by atoms with van der Waals surface area (Å²) in [6, 6.07) is 10.2. The maximum atomic E-state index is 12.6. The molecule has 1 aliphatic rings. The highest BCUT2D eigenvalue weighted by Gasteiger charge is 2.36. The molecule has 3 amide bonds. The van der Waals surface area contributed by atoms with Gasteiger partial charge in [0.1, 0.15) is 18.0 Å². The summed E-state index contributed by atoms with van der Waals surface area (Å²) in [5.41, 5.74) is 0.928. The first-order valence-corrected chi connectivity index (χ1v) is 11.4. The van der Waals surface area contributed by atoms with Crippen LogP contribution in [0.15, 0.2) is 45.8 Å². The van der Waals surface area contributed by atoms with Crippen LogP contribution in [0.4, 0.5) is 10.5 Å². The number of rotatable bonds is 6. The minimum absolute atomic E-state index is 0.0128. The number of imide groups is 1. The minimum atomic E-state index is -0.582. The normalized spacial score (nSPS) is 15.0. The smallest absolute Gasteiger partial charge is 0.294 e. The largest absolute Gasteiger partial charge is 0.506 e. The third kappa shape index (κ3) is 5.35. The van der Waals surface area contributed by atoms with Gasteiger partial charge in [-0.25, -0.2) is 0 Å². The molecule has 2 aromatic rings. The SMILES string of the molecule is CCOc1ccc(NC(=O)CN2C(=O)S/C(=C\c3cc(Br)cc(I)c3O)C2=O)cc1. The van der Waals surface area contributed by atoms with Gasteiger partial charge in [-0.1, -0.05) is 15.9 Å². The van der Waals surface area contributed by atoms with E-state index in [1.54, 1.807) is 36.4 Å². The third-order valence-corrected chi connectivity index (χ3v) is 6.16. The Hall–Kier alpha value is -2.05. The van der Waals surface area contributed by atoms with Crippen LogP contribution in [0.5, 0.6) is 11.5 Å². The minimum Gasteiger partial charge on any atom is -0.506 e. The number of carbonyl (C=O) groups excluding carboxylic acids is 3. The van der Waals surface area contributed by atoms with Gasteiger partial charge in [0, 0.05) is 15.7 Å². The van der Waals surface area contributed by atoms with Gasteiger partial charge in [-0.05, 0) is 83.8 Å². The summed E-state index contributed by atoms with van der Waals surface area (Å²) < 4.78 is 6.67. The number of ether oxygens (including phenoxy) is 1. The maximum Gasteiger partial charge on any atom is 0.294 e. The molecule has 1 aliphatic heterocycles. The summed E-state index contributed by atoms with van der Waals surface area (Å²) in [7, 11) is 0. The number of hydrogen-bond donors (Lipinski definition) is 2. The molecule has 1 fully saturated rings. The Morgan fingerprint density at radius 2 is 2.00 bits per heavy atom. The first kappa shape index (κ1) is 22.6. The number of nitrogens with one attached hydrogen (secondary N) is 1. The van der Waals surface area contributed by atoms with Crippen molar-refractivity contribution in [3.05, 3.63) is 54.9 Å². The molecule has 3 rings (SSSR count). The van der Waals surface area contributed by atoms with Gasteiger partial charge in [0.05, 0.1) is 15.1 Å². The molecule has 0 aliphatic carbocycles. The van der Waals surface area contributed by atoms with Crippen molar-refractivity contribution in [3.8, 4) is 11.5 Å². The molecule has 0 spiro atoms. The Morgan fingerprint density at radius 3 is 2.67 bits per heavy atom. The fraction of sp³-hybridized carbons (Fsp3) is 0.150. The van der Waals surface area contributed by atoms with Gasteiger partial charge in [-0.2, -0.15) is 0 Å². The molecule has 2 N–H and O–H groups in total. The van der Waals surface area contributed by atoms with E-state index in [2.05, 4.69) is 21.2 Å². The summed E-state index contributed by atoms with van der Waals surface area (Å²) in [5.74, 6) is -0.389. The topological polar surface area (TPSA) is 95.9 Å². The monoisotopic (exact) mass is 602 g/mol. The first-order valence-electron chi connectivity index (χ1n) is 8.74. The van der Waals surface area contributed by atoms with Gasteiger partial charge < -0.3 is 15.2 Å². The second-order valence-corrected chi connectivity index (χ2v) is 9.17. The number of anilines is 1. The van der Waals surface area contributed by atoms with E-state index >= 15 is 0 Å². The zero-order valence-electron chi connectivity index (χ0n) is 15.6. The van der Waals surface area contributed by atoms with Crippen LogP contribution in [0.2, 0.25) is 0 Å². The number of aromatic hydroxyl groups is 1. The van der Waals surface area contributed by atoms with Crippen LogP contribution in [0, 0.1) is 3.57 Å². The average Bonchev–Trinajstić information content (AvgIpc) is 2.95. The van der Waals surface area contributed by atoms with Crippen LogP contribution in [0.25, 0.3) is 6.08 Å². The number of benzene rings is 2. The molecule has 0 aromatic heterocycles. The number of thioether (sulfide) groups is 1. The van der Waals surface area contributed by atoms with E-state index in [9.17, 15) is 19.5 Å². The highest BCUT2D eigenvalue weighted by Crippen LogP contribution is 2.36. The molecule has 0 saturated carbocycles. The van der Waals surface area contributed by atoms with Gasteiger partial charge >= 0.3 is 0 Å². The molecule has 0 bridgehead atoms. The van der Waals surface area contributed by atoms with Crippen molar-refractivity contribution >= 4 is 79.1 Å². The van der Waals surface area contributed by atoms with Crippen molar-refractivity contribution in [2.24, 2.45) is 0 Å². The van der Waals surface area contributed by atoms with E-state index in [1.807, 2.05) is 29.5 Å². The number of amides is 3. The van der Waals surface area contributed by atoms with Crippen molar-refractivity contribution in [2.75, 3.05) is 18.5 Å². The van der Waals surface area contributed by atoms with Gasteiger partial charge in [-0.15, -0.1) is 0 Å². The summed E-state index contributed by atoms with van der Waals surface area (Å²) in [5, 5.41) is 12.3. The zero-order chi connectivity index (χ0) is 21.8. The number of carbonyl (C=O) groups is 3. The molecule has 2 aromatic carbocycles. The third-order valence-electron chi connectivity index (χ3n) is 3.97. The fourth-order valence-electron chi connectivity index (χ4n) is 2.62. The van der Waals surface area contributed by atoms with Gasteiger partial charge in [0.2, 0.25) is 5.91 Å². The number of phenols is 1. The highest BCUT2D eigenvalue weighted by atomic mass is 127. The Morgan fingerprint density at radius 1 is 1.30 bits per heavy atom. The van der Waals surface area contributed by atoms with Gasteiger partial charge in [0.25, 0.3) is 11.1 Å². The van der Waals surface area contributed by atoms with Crippen LogP contribution in [-0.2, 0) is 9.59 Å². The lowest BCUT2D eigenvalue weighted by molar-refractivity contribution is -0.127. The lowest BCUT2D eigenvalue weighted by atomic mass is 10.2. The average molecular weight is 603 g/mol. The van der Waals surface area contributed by atoms with E-state index in [4.69, 9.17) is 4.74 Å². The van der Waals surface area contributed by atoms with Crippen molar-refractivity contribution < 1.29 is 24.2 Å². The zero-order valence-corrected chi connectivity index (χ0v) is 20.2. The van der Waals surface area contributed by atoms with Crippen LogP contribution in [-0.4, -0.2) is 40.2 Å². The van der Waals surface area contributed by atoms with Crippen LogP contribution in [0.1, 0.15) is 12.5 Å². The number of halogens is 2. The second-order valence-electron chi connectivity index (χ2n) is 6.10. The Bertz CT molecular complexity index is 1040. The molecule has 1 saturated heterocycles. The van der Waals surface area contributed by atoms with Crippen LogP contribution < -0.4 is 10.1 Å². The van der Waals surface area contributed by atoms with E-state index < -0.39 is 23.6 Å². The number of phenolic OH excluding ortho intramolecular Hbond substituents is 1. The van der Waals surface area contributed by atoms with Crippen molar-refractivity contribution in [2.45, 2.75) is 6.92 Å². The number of hydrogen-bond acceptors (Lipinski definition) is 6. The molecule has 156 valence electrons. The highest BCUT2D eigenvalue weighted by molar-refractivity contribution is 14.1. The lowest BCUT2D eigenvalue weighted by Gasteiger charge is -2.12. The van der Waals surface area contributed by atoms with Crippen molar-refractivity contribution in [3.63, 3.8) is 0 Å². The molecule has 0 unspecified atom stereocenters. The van der Waals surface area contributed by atoms with Crippen LogP contribution >= 0.6 is 50.3 Å². The number of nitrogens with zero attached hydrogens (tertiary/aromatic N) is 1. The molecule has 0 radical (unpaired) electrons. The Balaban J connectivity index is 1.70. The van der Waals surface area contributed by atoms with E-state index in [0.717, 1.165) is 21.1 Å². The van der Waals surface area contributed by atoms with Crippen molar-refractivity contribution in [1.29, 1.82) is 0 Å². The van der Waals surface area contributed by atoms with E-state index in [-0.39, 0.29) is 10.7 Å². The van der Waals surface area contributed by atoms with Crippen LogP contribution in [0.3, 0.4) is 0 Å². The fourth-order valence-corrected chi connectivity index (χ4v) is 5.00. The van der Waals surface area contributed by atoms with Crippen molar-refractivity contribution in [1.82, 2.24) is 4.90 Å². The second kappa shape index (κ2) is 9.84. The lowest BCUT2D eigenvalue weighted by Crippen LogP contribution is -2.36. The Kier molecular flexibility index (Phi) is 7.42. The Labute approximate surface area is 199 Å². The predicted molar refractivity (Wildman–Crippen MR) is 127 cm³/mol.